The third-order valence-electron chi connectivity index (χ3n) is 2.29. The molecule has 1 rings (SSSR count). The lowest BCUT2D eigenvalue weighted by Gasteiger charge is -2.09. The van der Waals surface area contributed by atoms with E-state index in [1.165, 1.54) is 11.3 Å². The highest BCUT2D eigenvalue weighted by molar-refractivity contribution is 7.98. The van der Waals surface area contributed by atoms with E-state index in [0.29, 0.717) is 6.54 Å². The van der Waals surface area contributed by atoms with Crippen molar-refractivity contribution < 1.29 is 4.74 Å². The van der Waals surface area contributed by atoms with Crippen molar-refractivity contribution in [3.63, 3.8) is 0 Å². The van der Waals surface area contributed by atoms with Crippen LogP contribution in [-0.4, -0.2) is 12.9 Å². The first-order valence-corrected chi connectivity index (χ1v) is 6.76. The summed E-state index contributed by atoms with van der Waals surface area (Å²) in [6, 6.07) is 6.29. The molecule has 0 fully saturated rings. The zero-order chi connectivity index (χ0) is 12.0. The largest absolute Gasteiger partial charge is 0.496 e. The van der Waals surface area contributed by atoms with Crippen molar-refractivity contribution >= 4 is 11.8 Å². The zero-order valence-electron chi connectivity index (χ0n) is 10.3. The number of ether oxygens (including phenoxy) is 1. The maximum atomic E-state index is 5.63. The minimum absolute atomic E-state index is 0.530. The molecule has 0 bridgehead atoms. The number of thioether (sulfide) groups is 1. The van der Waals surface area contributed by atoms with E-state index >= 15 is 0 Å². The molecule has 0 aliphatic carbocycles. The molecule has 0 aromatic heterocycles. The second-order valence-corrected chi connectivity index (χ2v) is 5.29. The molecular formula is C13H21NOS. The van der Waals surface area contributed by atoms with E-state index in [0.717, 1.165) is 23.0 Å². The molecule has 2 nitrogen and oxygen atoms in total. The van der Waals surface area contributed by atoms with E-state index in [2.05, 4.69) is 32.0 Å². The van der Waals surface area contributed by atoms with Gasteiger partial charge in [-0.15, -0.1) is 0 Å². The highest BCUT2D eigenvalue weighted by Crippen LogP contribution is 2.23. The summed E-state index contributed by atoms with van der Waals surface area (Å²) in [6.45, 7) is 5.01. The van der Waals surface area contributed by atoms with Crippen LogP contribution >= 0.6 is 11.8 Å². The molecule has 1 aromatic rings. The predicted octanol–water partition coefficient (Wildman–Crippen LogP) is 3.04. The van der Waals surface area contributed by atoms with Gasteiger partial charge < -0.3 is 10.5 Å². The SMILES string of the molecule is COc1cc(CSCC(C)C)ccc1CN. The van der Waals surface area contributed by atoms with E-state index < -0.39 is 0 Å². The molecule has 0 aliphatic rings. The molecule has 0 saturated carbocycles. The monoisotopic (exact) mass is 239 g/mol. The molecule has 16 heavy (non-hydrogen) atoms. The number of rotatable bonds is 6. The van der Waals surface area contributed by atoms with Gasteiger partial charge in [0.25, 0.3) is 0 Å². The molecule has 0 radical (unpaired) electrons. The Hall–Kier alpha value is -0.670. The third-order valence-corrected chi connectivity index (χ3v) is 3.73. The fraction of sp³-hybridized carbons (Fsp3) is 0.538. The number of hydrogen-bond donors (Lipinski definition) is 1. The molecule has 0 saturated heterocycles. The number of methoxy groups -OCH3 is 1. The quantitative estimate of drug-likeness (QED) is 0.828. The van der Waals surface area contributed by atoms with Gasteiger partial charge in [-0.3, -0.25) is 0 Å². The second-order valence-electron chi connectivity index (χ2n) is 4.26. The highest BCUT2D eigenvalue weighted by Gasteiger charge is 2.03. The number of nitrogens with two attached hydrogens (primary N) is 1. The lowest BCUT2D eigenvalue weighted by molar-refractivity contribution is 0.409. The van der Waals surface area contributed by atoms with Crippen LogP contribution in [-0.2, 0) is 12.3 Å². The van der Waals surface area contributed by atoms with Gasteiger partial charge in [0.2, 0.25) is 0 Å². The topological polar surface area (TPSA) is 35.2 Å². The summed E-state index contributed by atoms with van der Waals surface area (Å²) in [5.41, 5.74) is 8.01. The van der Waals surface area contributed by atoms with E-state index in [-0.39, 0.29) is 0 Å². The fourth-order valence-electron chi connectivity index (χ4n) is 1.46. The van der Waals surface area contributed by atoms with Gasteiger partial charge in [0.05, 0.1) is 7.11 Å². The van der Waals surface area contributed by atoms with Crippen LogP contribution in [0.15, 0.2) is 18.2 Å². The first kappa shape index (κ1) is 13.4. The Morgan fingerprint density at radius 3 is 2.69 bits per heavy atom. The van der Waals surface area contributed by atoms with Gasteiger partial charge in [0, 0.05) is 17.9 Å². The van der Waals surface area contributed by atoms with Gasteiger partial charge in [-0.1, -0.05) is 26.0 Å². The maximum Gasteiger partial charge on any atom is 0.123 e. The van der Waals surface area contributed by atoms with Crippen molar-refractivity contribution in [2.45, 2.75) is 26.1 Å². The third kappa shape index (κ3) is 4.06. The number of benzene rings is 1. The minimum Gasteiger partial charge on any atom is -0.496 e. The second kappa shape index (κ2) is 6.81. The van der Waals surface area contributed by atoms with E-state index in [1.54, 1.807) is 7.11 Å². The molecule has 0 unspecified atom stereocenters. The molecule has 90 valence electrons. The predicted molar refractivity (Wildman–Crippen MR) is 71.9 cm³/mol. The summed E-state index contributed by atoms with van der Waals surface area (Å²) in [5, 5.41) is 0. The van der Waals surface area contributed by atoms with Crippen molar-refractivity contribution in [2.75, 3.05) is 12.9 Å². The normalized spacial score (nSPS) is 10.8. The van der Waals surface area contributed by atoms with E-state index in [4.69, 9.17) is 10.5 Å². The van der Waals surface area contributed by atoms with Gasteiger partial charge in [0.1, 0.15) is 5.75 Å². The lowest BCUT2D eigenvalue weighted by Crippen LogP contribution is -2.00. The van der Waals surface area contributed by atoms with Crippen LogP contribution in [0.25, 0.3) is 0 Å². The van der Waals surface area contributed by atoms with Crippen molar-refractivity contribution in [2.24, 2.45) is 11.7 Å². The molecular weight excluding hydrogens is 218 g/mol. The van der Waals surface area contributed by atoms with Crippen molar-refractivity contribution in [1.82, 2.24) is 0 Å². The molecule has 1 aromatic carbocycles. The van der Waals surface area contributed by atoms with Crippen LogP contribution in [0.5, 0.6) is 5.75 Å². The zero-order valence-corrected chi connectivity index (χ0v) is 11.1. The summed E-state index contributed by atoms with van der Waals surface area (Å²) in [6.07, 6.45) is 0. The van der Waals surface area contributed by atoms with Crippen molar-refractivity contribution in [3.8, 4) is 5.75 Å². The minimum atomic E-state index is 0.530. The van der Waals surface area contributed by atoms with Crippen LogP contribution < -0.4 is 10.5 Å². The molecule has 0 aliphatic heterocycles. The van der Waals surface area contributed by atoms with Gasteiger partial charge in [-0.05, 0) is 23.3 Å². The van der Waals surface area contributed by atoms with Gasteiger partial charge >= 0.3 is 0 Å². The molecule has 0 atom stereocenters. The Morgan fingerprint density at radius 1 is 1.38 bits per heavy atom. The van der Waals surface area contributed by atoms with Crippen LogP contribution in [0.1, 0.15) is 25.0 Å². The Balaban J connectivity index is 2.60. The van der Waals surface area contributed by atoms with E-state index in [9.17, 15) is 0 Å². The van der Waals surface area contributed by atoms with Crippen molar-refractivity contribution in [1.29, 1.82) is 0 Å². The molecule has 0 amide bonds. The average molecular weight is 239 g/mol. The van der Waals surface area contributed by atoms with E-state index in [1.807, 2.05) is 11.8 Å². The summed E-state index contributed by atoms with van der Waals surface area (Å²) < 4.78 is 5.32. The van der Waals surface area contributed by atoms with Gasteiger partial charge in [-0.2, -0.15) is 11.8 Å². The summed E-state index contributed by atoms with van der Waals surface area (Å²) in [7, 11) is 1.69. The highest BCUT2D eigenvalue weighted by atomic mass is 32.2. The Kier molecular flexibility index (Phi) is 5.71. The molecule has 2 N–H and O–H groups in total. The standard InChI is InChI=1S/C13H21NOS/c1-10(2)8-16-9-11-4-5-12(7-14)13(6-11)15-3/h4-6,10H,7-9,14H2,1-3H3. The Morgan fingerprint density at radius 2 is 2.12 bits per heavy atom. The average Bonchev–Trinajstić information content (AvgIpc) is 2.28. The molecule has 0 spiro atoms. The van der Waals surface area contributed by atoms with Crippen LogP contribution in [0.4, 0.5) is 0 Å². The Bertz CT molecular complexity index is 326. The van der Waals surface area contributed by atoms with Crippen LogP contribution in [0.3, 0.4) is 0 Å². The van der Waals surface area contributed by atoms with Crippen LogP contribution in [0, 0.1) is 5.92 Å². The fourth-order valence-corrected chi connectivity index (χ4v) is 2.46. The van der Waals surface area contributed by atoms with Crippen LogP contribution in [0.2, 0.25) is 0 Å². The first-order valence-electron chi connectivity index (χ1n) is 5.61. The van der Waals surface area contributed by atoms with Gasteiger partial charge in [0.15, 0.2) is 0 Å². The first-order chi connectivity index (χ1) is 7.67. The molecule has 0 heterocycles. The summed E-state index contributed by atoms with van der Waals surface area (Å²) in [5.74, 6) is 3.89. The summed E-state index contributed by atoms with van der Waals surface area (Å²) >= 11 is 1.96. The van der Waals surface area contributed by atoms with Gasteiger partial charge in [-0.25, -0.2) is 0 Å². The Labute approximate surface area is 103 Å². The lowest BCUT2D eigenvalue weighted by atomic mass is 10.1. The van der Waals surface area contributed by atoms with Crippen molar-refractivity contribution in [3.05, 3.63) is 29.3 Å². The summed E-state index contributed by atoms with van der Waals surface area (Å²) in [4.78, 5) is 0. The molecule has 3 heteroatoms. The smallest absolute Gasteiger partial charge is 0.123 e. The number of hydrogen-bond acceptors (Lipinski definition) is 3. The maximum absolute atomic E-state index is 5.63.